The van der Waals surface area contributed by atoms with Crippen LogP contribution in [0.25, 0.3) is 11.0 Å². The second kappa shape index (κ2) is 5.33. The average molecular weight is 319 g/mol. The van der Waals surface area contributed by atoms with Crippen LogP contribution in [0, 0.1) is 5.82 Å². The smallest absolute Gasteiger partial charge is 0.295 e. The highest BCUT2D eigenvalue weighted by Crippen LogP contribution is 2.27. The SMILES string of the molecule is CC(C)c1cc2c(cc1F)n([C@H]1CCC(=O)NC1=O)c(=O)n2C. The number of benzene rings is 1. The van der Waals surface area contributed by atoms with E-state index in [9.17, 15) is 18.8 Å². The Labute approximate surface area is 131 Å². The normalized spacial score (nSPS) is 18.7. The first-order chi connectivity index (χ1) is 10.8. The molecular weight excluding hydrogens is 301 g/mol. The van der Waals surface area contributed by atoms with E-state index in [1.54, 1.807) is 13.1 Å². The quantitative estimate of drug-likeness (QED) is 0.854. The molecule has 7 heteroatoms. The summed E-state index contributed by atoms with van der Waals surface area (Å²) in [5, 5.41) is 2.23. The first-order valence-corrected chi connectivity index (χ1v) is 7.55. The summed E-state index contributed by atoms with van der Waals surface area (Å²) in [6.45, 7) is 3.75. The van der Waals surface area contributed by atoms with Gasteiger partial charge in [-0.15, -0.1) is 0 Å². The van der Waals surface area contributed by atoms with Crippen LogP contribution in [0.2, 0.25) is 0 Å². The molecule has 1 aromatic carbocycles. The number of aryl methyl sites for hydroxylation is 1. The van der Waals surface area contributed by atoms with E-state index in [0.29, 0.717) is 16.6 Å². The molecule has 122 valence electrons. The van der Waals surface area contributed by atoms with E-state index >= 15 is 0 Å². The number of hydrogen-bond acceptors (Lipinski definition) is 3. The number of nitrogens with zero attached hydrogens (tertiary/aromatic N) is 2. The molecule has 23 heavy (non-hydrogen) atoms. The number of piperidine rings is 1. The van der Waals surface area contributed by atoms with Crippen LogP contribution in [-0.2, 0) is 16.6 Å². The summed E-state index contributed by atoms with van der Waals surface area (Å²) in [5.41, 5.74) is 1.07. The summed E-state index contributed by atoms with van der Waals surface area (Å²) in [6, 6.07) is 2.16. The first kappa shape index (κ1) is 15.5. The number of fused-ring (bicyclic) bond motifs is 1. The molecule has 0 saturated carbocycles. The lowest BCUT2D eigenvalue weighted by Crippen LogP contribution is -2.44. The van der Waals surface area contributed by atoms with Crippen LogP contribution in [0.4, 0.5) is 4.39 Å². The maximum atomic E-state index is 14.3. The van der Waals surface area contributed by atoms with Crippen molar-refractivity contribution in [3.05, 3.63) is 34.0 Å². The van der Waals surface area contributed by atoms with Crippen molar-refractivity contribution >= 4 is 22.8 Å². The Balaban J connectivity index is 2.24. The van der Waals surface area contributed by atoms with Crippen LogP contribution in [0.5, 0.6) is 0 Å². The summed E-state index contributed by atoms with van der Waals surface area (Å²) in [4.78, 5) is 35.9. The number of hydrogen-bond donors (Lipinski definition) is 1. The van der Waals surface area contributed by atoms with Gasteiger partial charge in [-0.1, -0.05) is 13.8 Å². The molecule has 0 unspecified atom stereocenters. The topological polar surface area (TPSA) is 73.1 Å². The lowest BCUT2D eigenvalue weighted by atomic mass is 10.0. The van der Waals surface area contributed by atoms with Crippen LogP contribution >= 0.6 is 0 Å². The van der Waals surface area contributed by atoms with Crippen LogP contribution in [-0.4, -0.2) is 20.9 Å². The molecule has 2 aromatic rings. The minimum absolute atomic E-state index is 0.0200. The standard InChI is InChI=1S/C16H18FN3O3/c1-8(2)9-6-12-13(7-10(9)17)20(16(23)19(12)3)11-4-5-14(21)18-15(11)22/h6-8,11H,4-5H2,1-3H3,(H,18,21,22)/t11-/m0/s1. The number of halogens is 1. The molecule has 2 heterocycles. The summed E-state index contributed by atoms with van der Waals surface area (Å²) < 4.78 is 17.0. The van der Waals surface area contributed by atoms with Gasteiger partial charge in [0.15, 0.2) is 0 Å². The molecule has 3 rings (SSSR count). The second-order valence-corrected chi connectivity index (χ2v) is 6.20. The molecule has 0 aliphatic carbocycles. The second-order valence-electron chi connectivity index (χ2n) is 6.20. The summed E-state index contributed by atoms with van der Waals surface area (Å²) in [5.74, 6) is -1.30. The number of imide groups is 1. The lowest BCUT2D eigenvalue weighted by molar-refractivity contribution is -0.135. The Morgan fingerprint density at radius 1 is 1.22 bits per heavy atom. The minimum Gasteiger partial charge on any atom is -0.295 e. The van der Waals surface area contributed by atoms with Gasteiger partial charge in [-0.25, -0.2) is 9.18 Å². The number of aromatic nitrogens is 2. The third-order valence-corrected chi connectivity index (χ3v) is 4.35. The fourth-order valence-corrected chi connectivity index (χ4v) is 3.07. The zero-order valence-electron chi connectivity index (χ0n) is 13.2. The molecule has 1 aliphatic heterocycles. The fraction of sp³-hybridized carbons (Fsp3) is 0.438. The van der Waals surface area contributed by atoms with E-state index in [-0.39, 0.29) is 24.7 Å². The summed E-state index contributed by atoms with van der Waals surface area (Å²) >= 11 is 0. The molecule has 1 N–H and O–H groups in total. The molecule has 1 atom stereocenters. The van der Waals surface area contributed by atoms with Gasteiger partial charge in [0.25, 0.3) is 0 Å². The Morgan fingerprint density at radius 2 is 1.91 bits per heavy atom. The minimum atomic E-state index is -0.798. The van der Waals surface area contributed by atoms with Crippen molar-refractivity contribution in [2.45, 2.75) is 38.6 Å². The average Bonchev–Trinajstić information content (AvgIpc) is 2.70. The molecule has 0 radical (unpaired) electrons. The molecular formula is C16H18FN3O3. The Kier molecular flexibility index (Phi) is 3.58. The van der Waals surface area contributed by atoms with E-state index in [1.165, 1.54) is 15.2 Å². The highest BCUT2D eigenvalue weighted by atomic mass is 19.1. The van der Waals surface area contributed by atoms with Gasteiger partial charge in [0, 0.05) is 19.5 Å². The summed E-state index contributed by atoms with van der Waals surface area (Å²) in [7, 11) is 1.59. The first-order valence-electron chi connectivity index (χ1n) is 7.55. The van der Waals surface area contributed by atoms with Crippen LogP contribution in [0.1, 0.15) is 44.2 Å². The van der Waals surface area contributed by atoms with Gasteiger partial charge < -0.3 is 0 Å². The Hall–Kier alpha value is -2.44. The fourth-order valence-electron chi connectivity index (χ4n) is 3.07. The Bertz CT molecular complexity index is 879. The van der Waals surface area contributed by atoms with Crippen molar-refractivity contribution in [1.82, 2.24) is 14.5 Å². The third kappa shape index (κ3) is 2.36. The summed E-state index contributed by atoms with van der Waals surface area (Å²) in [6.07, 6.45) is 0.392. The number of rotatable bonds is 2. The Morgan fingerprint density at radius 3 is 2.52 bits per heavy atom. The van der Waals surface area contributed by atoms with Crippen molar-refractivity contribution in [1.29, 1.82) is 0 Å². The van der Waals surface area contributed by atoms with Crippen LogP contribution in [0.15, 0.2) is 16.9 Å². The van der Waals surface area contributed by atoms with E-state index < -0.39 is 23.5 Å². The maximum absolute atomic E-state index is 14.3. The number of imidazole rings is 1. The molecule has 0 bridgehead atoms. The van der Waals surface area contributed by atoms with Gasteiger partial charge in [-0.3, -0.25) is 24.0 Å². The van der Waals surface area contributed by atoms with Gasteiger partial charge in [0.1, 0.15) is 11.9 Å². The lowest BCUT2D eigenvalue weighted by Gasteiger charge is -2.22. The molecule has 1 aromatic heterocycles. The molecule has 0 spiro atoms. The van der Waals surface area contributed by atoms with Crippen molar-refractivity contribution in [3.63, 3.8) is 0 Å². The van der Waals surface area contributed by atoms with Gasteiger partial charge >= 0.3 is 5.69 Å². The molecule has 1 aliphatic rings. The van der Waals surface area contributed by atoms with Gasteiger partial charge in [0.2, 0.25) is 11.8 Å². The number of amides is 2. The van der Waals surface area contributed by atoms with Crippen LogP contribution in [0.3, 0.4) is 0 Å². The van der Waals surface area contributed by atoms with Crippen molar-refractivity contribution in [3.8, 4) is 0 Å². The molecule has 2 amide bonds. The zero-order valence-corrected chi connectivity index (χ0v) is 13.2. The predicted octanol–water partition coefficient (Wildman–Crippen LogP) is 1.58. The third-order valence-electron chi connectivity index (χ3n) is 4.35. The predicted molar refractivity (Wildman–Crippen MR) is 82.6 cm³/mol. The molecule has 1 saturated heterocycles. The highest BCUT2D eigenvalue weighted by Gasteiger charge is 2.31. The number of nitrogens with one attached hydrogen (secondary N) is 1. The molecule has 6 nitrogen and oxygen atoms in total. The van der Waals surface area contributed by atoms with E-state index in [2.05, 4.69) is 5.32 Å². The highest BCUT2D eigenvalue weighted by molar-refractivity contribution is 6.00. The van der Waals surface area contributed by atoms with E-state index in [1.807, 2.05) is 13.8 Å². The number of carbonyl (C=O) groups excluding carboxylic acids is 2. The van der Waals surface area contributed by atoms with Crippen molar-refractivity contribution in [2.24, 2.45) is 7.05 Å². The zero-order chi connectivity index (χ0) is 16.9. The molecule has 1 fully saturated rings. The van der Waals surface area contributed by atoms with Gasteiger partial charge in [-0.05, 0) is 24.0 Å². The van der Waals surface area contributed by atoms with Gasteiger partial charge in [-0.2, -0.15) is 0 Å². The largest absolute Gasteiger partial charge is 0.329 e. The van der Waals surface area contributed by atoms with E-state index in [4.69, 9.17) is 0 Å². The number of carbonyl (C=O) groups is 2. The van der Waals surface area contributed by atoms with Crippen LogP contribution < -0.4 is 11.0 Å². The monoisotopic (exact) mass is 319 g/mol. The van der Waals surface area contributed by atoms with E-state index in [0.717, 1.165) is 0 Å². The van der Waals surface area contributed by atoms with Crippen molar-refractivity contribution in [2.75, 3.05) is 0 Å². The maximum Gasteiger partial charge on any atom is 0.329 e. The van der Waals surface area contributed by atoms with Crippen molar-refractivity contribution < 1.29 is 14.0 Å². The van der Waals surface area contributed by atoms with Gasteiger partial charge in [0.05, 0.1) is 11.0 Å².